The van der Waals surface area contributed by atoms with E-state index in [-0.39, 0.29) is 12.0 Å². The van der Waals surface area contributed by atoms with E-state index in [1.165, 1.54) is 0 Å². The largest absolute Gasteiger partial charge is 0.456 e. The molecule has 1 fully saturated rings. The number of carbonyl (C=O) groups is 1. The van der Waals surface area contributed by atoms with Crippen molar-refractivity contribution in [2.45, 2.75) is 83.8 Å². The van der Waals surface area contributed by atoms with Gasteiger partial charge in [-0.2, -0.15) is 5.10 Å². The average Bonchev–Trinajstić information content (AvgIpc) is 3.72. The molecule has 0 N–H and O–H groups in total. The maximum Gasteiger partial charge on any atom is 0.148 e. The molecule has 1 unspecified atom stereocenters. The number of ether oxygens (including phenoxy) is 3. The number of aromatic nitrogens is 6. The molecule has 6 aromatic rings. The van der Waals surface area contributed by atoms with Crippen LogP contribution in [-0.2, 0) is 33.1 Å². The van der Waals surface area contributed by atoms with Crippen molar-refractivity contribution in [2.75, 3.05) is 6.61 Å². The van der Waals surface area contributed by atoms with E-state index in [1.807, 2.05) is 66.3 Å². The van der Waals surface area contributed by atoms with Gasteiger partial charge in [-0.25, -0.2) is 9.97 Å². The third-order valence-electron chi connectivity index (χ3n) is 10.2. The van der Waals surface area contributed by atoms with Crippen molar-refractivity contribution in [3.8, 4) is 22.8 Å². The highest BCUT2D eigenvalue weighted by Gasteiger charge is 2.45. The number of aldehydes is 1. The Morgan fingerprint density at radius 3 is 2.58 bits per heavy atom. The Kier molecular flexibility index (Phi) is 10.3. The molecule has 3 aromatic carbocycles. The summed E-state index contributed by atoms with van der Waals surface area (Å²) in [7, 11) is -1.19. The summed E-state index contributed by atoms with van der Waals surface area (Å²) in [5.74, 6) is 2.22. The van der Waals surface area contributed by atoms with Crippen LogP contribution in [0.4, 0.5) is 0 Å². The summed E-state index contributed by atoms with van der Waals surface area (Å²) in [5.41, 5.74) is 5.04. The van der Waals surface area contributed by atoms with Crippen molar-refractivity contribution < 1.29 is 19.0 Å². The van der Waals surface area contributed by atoms with Crippen molar-refractivity contribution in [1.29, 1.82) is 0 Å². The van der Waals surface area contributed by atoms with E-state index in [0.29, 0.717) is 53.0 Å². The van der Waals surface area contributed by atoms with Crippen LogP contribution < -0.4 is 4.74 Å². The summed E-state index contributed by atoms with van der Waals surface area (Å²) >= 11 is 6.96. The van der Waals surface area contributed by atoms with Crippen LogP contribution in [0.5, 0.6) is 11.5 Å². The van der Waals surface area contributed by atoms with Crippen LogP contribution in [0.1, 0.15) is 37.6 Å². The van der Waals surface area contributed by atoms with Crippen molar-refractivity contribution in [3.63, 3.8) is 0 Å². The number of halogens is 1. The summed E-state index contributed by atoms with van der Waals surface area (Å²) in [5, 5.41) is 5.09. The monoisotopic (exact) mass is 736 g/mol. The number of fused-ring (bicyclic) bond motifs is 2. The molecule has 1 aliphatic carbocycles. The Hall–Kier alpha value is -4.42. The third kappa shape index (κ3) is 7.68. The number of hydrogen-bond donors (Lipinski definition) is 0. The zero-order valence-electron chi connectivity index (χ0n) is 30.4. The zero-order chi connectivity index (χ0) is 36.5. The maximum absolute atomic E-state index is 11.9. The van der Waals surface area contributed by atoms with Crippen LogP contribution in [0, 0.1) is 12.8 Å². The molecule has 12 heteroatoms. The number of imidazole rings is 1. The van der Waals surface area contributed by atoms with Crippen LogP contribution in [0.2, 0.25) is 30.7 Å². The summed E-state index contributed by atoms with van der Waals surface area (Å²) in [6.07, 6.45) is 8.64. The fourth-order valence-corrected chi connectivity index (χ4v) is 7.70. The van der Waals surface area contributed by atoms with Crippen molar-refractivity contribution in [3.05, 3.63) is 95.7 Å². The van der Waals surface area contributed by atoms with Crippen LogP contribution in [0.15, 0.2) is 79.3 Å². The standard InChI is InChI=1S/C40H45ClN6O4Si/c1-27-44-33-12-11-31(21-36(33)46(27)26-49-17-18-52(3,4)5)51-37-14-13-34-39(38(37)41)45-35(23-42-34)29-22-43-47(24-29)40(2,15-16-48)30-19-32(20-30)50-25-28-9-7-6-8-10-28/h6-14,16,21-24,30,32H,15,17-20,25-26H2,1-5H3. The van der Waals surface area contributed by atoms with Gasteiger partial charge in [0, 0.05) is 38.9 Å². The Balaban J connectivity index is 1.07. The average molecular weight is 737 g/mol. The van der Waals surface area contributed by atoms with E-state index >= 15 is 0 Å². The molecule has 0 amide bonds. The molecule has 10 nitrogen and oxygen atoms in total. The topological polar surface area (TPSA) is 106 Å². The molecule has 0 spiro atoms. The molecular weight excluding hydrogens is 692 g/mol. The van der Waals surface area contributed by atoms with Gasteiger partial charge in [0.05, 0.1) is 52.9 Å². The molecule has 1 aliphatic rings. The highest BCUT2D eigenvalue weighted by Crippen LogP contribution is 2.44. The molecule has 0 aliphatic heterocycles. The first-order chi connectivity index (χ1) is 25.0. The minimum Gasteiger partial charge on any atom is -0.456 e. The lowest BCUT2D eigenvalue weighted by Gasteiger charge is -2.46. The molecule has 270 valence electrons. The minimum atomic E-state index is -1.19. The summed E-state index contributed by atoms with van der Waals surface area (Å²) in [6, 6.07) is 20.7. The lowest BCUT2D eigenvalue weighted by Crippen LogP contribution is -2.48. The molecule has 1 saturated carbocycles. The Bertz CT molecular complexity index is 2190. The predicted molar refractivity (Wildman–Crippen MR) is 206 cm³/mol. The maximum atomic E-state index is 11.9. The van der Waals surface area contributed by atoms with Crippen LogP contribution in [0.3, 0.4) is 0 Å². The van der Waals surface area contributed by atoms with Crippen LogP contribution in [-0.4, -0.2) is 56.4 Å². The van der Waals surface area contributed by atoms with Gasteiger partial charge < -0.3 is 23.6 Å². The second kappa shape index (κ2) is 14.9. The zero-order valence-corrected chi connectivity index (χ0v) is 32.1. The van der Waals surface area contributed by atoms with Crippen LogP contribution in [0.25, 0.3) is 33.3 Å². The van der Waals surface area contributed by atoms with Crippen molar-refractivity contribution >= 4 is 48.0 Å². The lowest BCUT2D eigenvalue weighted by molar-refractivity contribution is -0.114. The molecule has 0 radical (unpaired) electrons. The number of aryl methyl sites for hydroxylation is 1. The number of carbonyl (C=O) groups excluding carboxylic acids is 1. The molecule has 3 heterocycles. The molecule has 0 bridgehead atoms. The highest BCUT2D eigenvalue weighted by atomic mass is 35.5. The van der Waals surface area contributed by atoms with Gasteiger partial charge in [0.2, 0.25) is 0 Å². The summed E-state index contributed by atoms with van der Waals surface area (Å²) in [4.78, 5) is 26.2. The van der Waals surface area contributed by atoms with E-state index in [0.717, 1.165) is 59.8 Å². The molecule has 3 aromatic heterocycles. The molecule has 1 atom stereocenters. The van der Waals surface area contributed by atoms with E-state index in [2.05, 4.69) is 48.2 Å². The highest BCUT2D eigenvalue weighted by molar-refractivity contribution is 6.76. The SMILES string of the molecule is Cc1nc2ccc(Oc3ccc4ncc(-c5cnn(C(C)(CC=O)C6CC(OCc7ccccc7)C6)c5)nc4c3Cl)cc2n1COCC[Si](C)(C)C. The fraction of sp³-hybridized carbons (Fsp3) is 0.375. The first-order valence-electron chi connectivity index (χ1n) is 17.8. The first-order valence-corrected chi connectivity index (χ1v) is 21.9. The summed E-state index contributed by atoms with van der Waals surface area (Å²) in [6.45, 7) is 12.9. The van der Waals surface area contributed by atoms with Crippen molar-refractivity contribution in [2.24, 2.45) is 5.92 Å². The molecular formula is C40H45ClN6O4Si. The lowest BCUT2D eigenvalue weighted by atomic mass is 9.68. The van der Waals surface area contributed by atoms with E-state index in [1.54, 1.807) is 12.4 Å². The fourth-order valence-electron chi connectivity index (χ4n) is 6.70. The number of hydrogen-bond acceptors (Lipinski definition) is 8. The number of benzene rings is 3. The minimum absolute atomic E-state index is 0.156. The Labute approximate surface area is 310 Å². The van der Waals surface area contributed by atoms with E-state index in [4.69, 9.17) is 40.9 Å². The predicted octanol–water partition coefficient (Wildman–Crippen LogP) is 9.21. The first kappa shape index (κ1) is 36.0. The Morgan fingerprint density at radius 2 is 1.81 bits per heavy atom. The second-order valence-electron chi connectivity index (χ2n) is 15.2. The van der Waals surface area contributed by atoms with Gasteiger partial charge in [0.15, 0.2) is 0 Å². The second-order valence-corrected chi connectivity index (χ2v) is 21.2. The summed E-state index contributed by atoms with van der Waals surface area (Å²) < 4.78 is 22.5. The van der Waals surface area contributed by atoms with Gasteiger partial charge >= 0.3 is 0 Å². The van der Waals surface area contributed by atoms with Gasteiger partial charge in [0.25, 0.3) is 0 Å². The van der Waals surface area contributed by atoms with Gasteiger partial charge in [-0.1, -0.05) is 61.6 Å². The van der Waals surface area contributed by atoms with Gasteiger partial charge in [-0.15, -0.1) is 0 Å². The molecule has 52 heavy (non-hydrogen) atoms. The third-order valence-corrected chi connectivity index (χ3v) is 12.2. The van der Waals surface area contributed by atoms with E-state index in [9.17, 15) is 4.79 Å². The van der Waals surface area contributed by atoms with Gasteiger partial charge in [-0.05, 0) is 68.5 Å². The molecule has 7 rings (SSSR count). The van der Waals surface area contributed by atoms with Crippen molar-refractivity contribution in [1.82, 2.24) is 29.3 Å². The molecule has 0 saturated heterocycles. The normalized spacial score (nSPS) is 17.3. The Morgan fingerprint density at radius 1 is 1.02 bits per heavy atom. The van der Waals surface area contributed by atoms with Gasteiger partial charge in [-0.3, -0.25) is 9.67 Å². The smallest absolute Gasteiger partial charge is 0.148 e. The van der Waals surface area contributed by atoms with E-state index < -0.39 is 13.6 Å². The van der Waals surface area contributed by atoms with Crippen LogP contribution >= 0.6 is 11.6 Å². The van der Waals surface area contributed by atoms with Gasteiger partial charge in [0.1, 0.15) is 40.9 Å². The number of nitrogens with zero attached hydrogens (tertiary/aromatic N) is 6. The quantitative estimate of drug-likeness (QED) is 0.0584. The number of rotatable bonds is 15.